The van der Waals surface area contributed by atoms with Gasteiger partial charge in [-0.2, -0.15) is 10.2 Å². The van der Waals surface area contributed by atoms with Gasteiger partial charge in [-0.1, -0.05) is 30.3 Å². The molecule has 5 aromatic rings. The lowest BCUT2D eigenvalue weighted by Crippen LogP contribution is -2.37. The zero-order valence-electron chi connectivity index (χ0n) is 21.0. The van der Waals surface area contributed by atoms with Crippen LogP contribution in [0.15, 0.2) is 83.9 Å². The fourth-order valence-electron chi connectivity index (χ4n) is 4.27. The topological polar surface area (TPSA) is 96.0 Å². The van der Waals surface area contributed by atoms with Crippen molar-refractivity contribution in [2.45, 2.75) is 33.4 Å². The third kappa shape index (κ3) is 4.63. The molecule has 3 heterocycles. The van der Waals surface area contributed by atoms with Gasteiger partial charge < -0.3 is 14.6 Å². The van der Waals surface area contributed by atoms with Gasteiger partial charge in [-0.25, -0.2) is 9.36 Å². The first-order chi connectivity index (χ1) is 18.0. The van der Waals surface area contributed by atoms with Gasteiger partial charge in [0.25, 0.3) is 5.56 Å². The van der Waals surface area contributed by atoms with Crippen molar-refractivity contribution in [2.75, 3.05) is 6.61 Å². The van der Waals surface area contributed by atoms with E-state index in [9.17, 15) is 9.59 Å². The van der Waals surface area contributed by atoms with Crippen molar-refractivity contribution >= 4 is 16.8 Å². The normalized spacial score (nSPS) is 12.0. The average molecular weight is 497 g/mol. The molecule has 9 nitrogen and oxygen atoms in total. The van der Waals surface area contributed by atoms with Crippen LogP contribution in [0.2, 0.25) is 0 Å². The van der Waals surface area contributed by atoms with Crippen molar-refractivity contribution < 1.29 is 9.53 Å². The summed E-state index contributed by atoms with van der Waals surface area (Å²) in [5.74, 6) is 1.07. The second kappa shape index (κ2) is 10.1. The number of amides is 1. The highest BCUT2D eigenvalue weighted by Gasteiger charge is 2.25. The summed E-state index contributed by atoms with van der Waals surface area (Å²) in [6.45, 7) is 6.31. The zero-order valence-corrected chi connectivity index (χ0v) is 21.0. The summed E-state index contributed by atoms with van der Waals surface area (Å²) < 4.78 is 10.3. The number of nitrogens with zero attached hydrogens (tertiary/aromatic N) is 5. The lowest BCUT2D eigenvalue weighted by atomic mass is 10.2. The molecule has 9 heteroatoms. The minimum atomic E-state index is -0.823. The van der Waals surface area contributed by atoms with E-state index in [1.807, 2.05) is 90.6 Å². The van der Waals surface area contributed by atoms with Crippen LogP contribution >= 0.6 is 0 Å². The van der Waals surface area contributed by atoms with Crippen molar-refractivity contribution in [3.63, 3.8) is 0 Å². The predicted molar refractivity (Wildman–Crippen MR) is 141 cm³/mol. The van der Waals surface area contributed by atoms with Crippen LogP contribution in [0.1, 0.15) is 31.1 Å². The van der Waals surface area contributed by atoms with Gasteiger partial charge in [-0.15, -0.1) is 0 Å². The molecule has 5 rings (SSSR count). The molecule has 0 aliphatic heterocycles. The summed E-state index contributed by atoms with van der Waals surface area (Å²) in [6, 6.07) is 20.1. The van der Waals surface area contributed by atoms with E-state index in [1.54, 1.807) is 18.5 Å². The number of hydrogen-bond acceptors (Lipinski definition) is 5. The van der Waals surface area contributed by atoms with Crippen LogP contribution in [0.3, 0.4) is 0 Å². The Morgan fingerprint density at radius 1 is 1.00 bits per heavy atom. The molecular formula is C28H28N6O3. The van der Waals surface area contributed by atoms with Crippen LogP contribution in [0.25, 0.3) is 22.4 Å². The van der Waals surface area contributed by atoms with Crippen molar-refractivity contribution in [1.29, 1.82) is 0 Å². The Morgan fingerprint density at radius 3 is 2.38 bits per heavy atom. The third-order valence-electron chi connectivity index (χ3n) is 6.18. The van der Waals surface area contributed by atoms with Gasteiger partial charge in [0.2, 0.25) is 5.91 Å². The molecule has 1 amide bonds. The van der Waals surface area contributed by atoms with E-state index in [-0.39, 0.29) is 11.5 Å². The van der Waals surface area contributed by atoms with E-state index in [1.165, 1.54) is 4.68 Å². The predicted octanol–water partition coefficient (Wildman–Crippen LogP) is 3.96. The van der Waals surface area contributed by atoms with E-state index in [2.05, 4.69) is 10.4 Å². The lowest BCUT2D eigenvalue weighted by Gasteiger charge is -2.15. The summed E-state index contributed by atoms with van der Waals surface area (Å²) in [4.78, 5) is 26.9. The van der Waals surface area contributed by atoms with Crippen LogP contribution in [-0.4, -0.2) is 36.6 Å². The largest absolute Gasteiger partial charge is 0.494 e. The van der Waals surface area contributed by atoms with Crippen molar-refractivity contribution in [1.82, 2.24) is 29.4 Å². The Hall–Kier alpha value is -4.66. The van der Waals surface area contributed by atoms with E-state index in [0.717, 1.165) is 17.0 Å². The van der Waals surface area contributed by atoms with Gasteiger partial charge >= 0.3 is 0 Å². The molecule has 1 N–H and O–H groups in total. The highest BCUT2D eigenvalue weighted by atomic mass is 16.5. The number of carbonyl (C=O) groups excluding carboxylic acids is 1. The number of hydrogen-bond donors (Lipinski definition) is 1. The number of rotatable bonds is 8. The Labute approximate surface area is 213 Å². The molecule has 0 radical (unpaired) electrons. The van der Waals surface area contributed by atoms with Gasteiger partial charge in [0.1, 0.15) is 22.7 Å². The molecule has 0 bridgehead atoms. The number of para-hydroxylation sites is 1. The van der Waals surface area contributed by atoms with Crippen molar-refractivity contribution in [3.8, 4) is 17.3 Å². The molecule has 188 valence electrons. The van der Waals surface area contributed by atoms with Crippen LogP contribution in [0.5, 0.6) is 5.75 Å². The van der Waals surface area contributed by atoms with Gasteiger partial charge in [0, 0.05) is 18.9 Å². The number of aryl methyl sites for hydroxylation is 1. The van der Waals surface area contributed by atoms with Gasteiger partial charge in [-0.3, -0.25) is 9.59 Å². The molecule has 3 aromatic heterocycles. The number of aromatic nitrogens is 5. The highest BCUT2D eigenvalue weighted by Crippen LogP contribution is 2.25. The molecule has 0 saturated heterocycles. The Balaban J connectivity index is 1.51. The molecular weight excluding hydrogens is 468 g/mol. The number of ether oxygens (including phenoxy) is 1. The van der Waals surface area contributed by atoms with Crippen molar-refractivity contribution in [3.05, 3.63) is 101 Å². The molecule has 0 saturated carbocycles. The van der Waals surface area contributed by atoms with E-state index in [0.29, 0.717) is 35.6 Å². The summed E-state index contributed by atoms with van der Waals surface area (Å²) in [5.41, 5.74) is 2.42. The Kier molecular flexibility index (Phi) is 6.59. The lowest BCUT2D eigenvalue weighted by molar-refractivity contribution is -0.124. The number of carbonyl (C=O) groups is 1. The number of fused-ring (bicyclic) bond motifs is 1. The highest BCUT2D eigenvalue weighted by molar-refractivity contribution is 5.88. The minimum absolute atomic E-state index is 0.305. The first-order valence-electron chi connectivity index (χ1n) is 12.2. The standard InChI is InChI=1S/C28H28N6O3/c1-4-37-23-14-12-21(13-15-23)18-29-26(35)20(3)33-28(36)24-25(19(2)30-33)31-34(22-10-6-5-7-11-22)27(24)32-16-8-9-17-32/h5-17,20H,4,18H2,1-3H3,(H,29,35). The fourth-order valence-corrected chi connectivity index (χ4v) is 4.27. The van der Waals surface area contributed by atoms with Gasteiger partial charge in [0.15, 0.2) is 5.82 Å². The van der Waals surface area contributed by atoms with Crippen molar-refractivity contribution in [2.24, 2.45) is 0 Å². The molecule has 0 fully saturated rings. The van der Waals surface area contributed by atoms with Crippen LogP contribution < -0.4 is 15.6 Å². The van der Waals surface area contributed by atoms with E-state index < -0.39 is 6.04 Å². The molecule has 0 aliphatic rings. The fraction of sp³-hybridized carbons (Fsp3) is 0.214. The van der Waals surface area contributed by atoms with E-state index in [4.69, 9.17) is 9.84 Å². The summed E-state index contributed by atoms with van der Waals surface area (Å²) in [5, 5.41) is 12.5. The molecule has 1 atom stereocenters. The SMILES string of the molecule is CCOc1ccc(CNC(=O)C(C)n2nc(C)c3nn(-c4ccccc4)c(-n4cccc4)c3c2=O)cc1. The van der Waals surface area contributed by atoms with Crippen LogP contribution in [-0.2, 0) is 11.3 Å². The molecule has 0 aliphatic carbocycles. The Bertz CT molecular complexity index is 1590. The second-order valence-corrected chi connectivity index (χ2v) is 8.69. The zero-order chi connectivity index (χ0) is 25.9. The van der Waals surface area contributed by atoms with Gasteiger partial charge in [-0.05, 0) is 62.7 Å². The average Bonchev–Trinajstić information content (AvgIpc) is 3.59. The first kappa shape index (κ1) is 24.1. The van der Waals surface area contributed by atoms with Gasteiger partial charge in [0.05, 0.1) is 18.0 Å². The summed E-state index contributed by atoms with van der Waals surface area (Å²) in [7, 11) is 0. The maximum atomic E-state index is 13.8. The van der Waals surface area contributed by atoms with Crippen LogP contribution in [0.4, 0.5) is 0 Å². The Morgan fingerprint density at radius 2 is 1.70 bits per heavy atom. The van der Waals surface area contributed by atoms with Crippen LogP contribution in [0, 0.1) is 6.92 Å². The minimum Gasteiger partial charge on any atom is -0.494 e. The monoisotopic (exact) mass is 496 g/mol. The number of nitrogens with one attached hydrogen (secondary N) is 1. The maximum absolute atomic E-state index is 13.8. The third-order valence-corrected chi connectivity index (χ3v) is 6.18. The smallest absolute Gasteiger partial charge is 0.280 e. The summed E-state index contributed by atoms with van der Waals surface area (Å²) in [6.07, 6.45) is 3.73. The molecule has 0 spiro atoms. The molecule has 37 heavy (non-hydrogen) atoms. The molecule has 2 aromatic carbocycles. The van der Waals surface area contributed by atoms with E-state index >= 15 is 0 Å². The second-order valence-electron chi connectivity index (χ2n) is 8.69. The quantitative estimate of drug-likeness (QED) is 0.351. The number of benzene rings is 2. The summed E-state index contributed by atoms with van der Waals surface area (Å²) >= 11 is 0. The maximum Gasteiger partial charge on any atom is 0.280 e. The first-order valence-corrected chi connectivity index (χ1v) is 12.2. The molecule has 1 unspecified atom stereocenters.